The highest BCUT2D eigenvalue weighted by Gasteiger charge is 2.17. The molecule has 1 unspecified atom stereocenters. The first-order valence-electron chi connectivity index (χ1n) is 6.03. The van der Waals surface area contributed by atoms with Crippen LogP contribution in [0, 0.1) is 12.7 Å². The smallest absolute Gasteiger partial charge is 0.227 e. The highest BCUT2D eigenvalue weighted by molar-refractivity contribution is 5.91. The van der Waals surface area contributed by atoms with E-state index >= 15 is 0 Å². The molecule has 0 spiro atoms. The van der Waals surface area contributed by atoms with Crippen LogP contribution in [0.25, 0.3) is 0 Å². The minimum absolute atomic E-state index is 0. The molecule has 0 radical (unpaired) electrons. The fourth-order valence-corrected chi connectivity index (χ4v) is 1.84. The molecule has 0 saturated carbocycles. The van der Waals surface area contributed by atoms with E-state index in [-0.39, 0.29) is 36.7 Å². The first-order valence-corrected chi connectivity index (χ1v) is 6.03. The Morgan fingerprint density at radius 3 is 3.00 bits per heavy atom. The molecule has 1 aliphatic heterocycles. The number of aryl methyl sites for hydroxylation is 1. The van der Waals surface area contributed by atoms with E-state index in [4.69, 9.17) is 4.74 Å². The molecular formula is C13H18ClFN2O2. The molecule has 4 nitrogen and oxygen atoms in total. The van der Waals surface area contributed by atoms with Crippen LogP contribution in [0.5, 0.6) is 0 Å². The van der Waals surface area contributed by atoms with Crippen molar-refractivity contribution >= 4 is 24.0 Å². The van der Waals surface area contributed by atoms with E-state index in [1.807, 2.05) is 0 Å². The van der Waals surface area contributed by atoms with Gasteiger partial charge in [-0.05, 0) is 24.6 Å². The third kappa shape index (κ3) is 4.78. The number of halogens is 2. The minimum atomic E-state index is -0.316. The van der Waals surface area contributed by atoms with E-state index < -0.39 is 0 Å². The summed E-state index contributed by atoms with van der Waals surface area (Å²) in [6.45, 7) is 3.80. The molecule has 1 amide bonds. The first kappa shape index (κ1) is 15.9. The van der Waals surface area contributed by atoms with Crippen LogP contribution in [0.1, 0.15) is 12.0 Å². The fourth-order valence-electron chi connectivity index (χ4n) is 1.84. The lowest BCUT2D eigenvalue weighted by Crippen LogP contribution is -2.40. The van der Waals surface area contributed by atoms with E-state index in [0.29, 0.717) is 24.4 Å². The molecule has 1 heterocycles. The Bertz CT molecular complexity index is 437. The largest absolute Gasteiger partial charge is 0.375 e. The van der Waals surface area contributed by atoms with Gasteiger partial charge in [-0.2, -0.15) is 0 Å². The average molecular weight is 289 g/mol. The molecular weight excluding hydrogens is 271 g/mol. The molecule has 2 rings (SSSR count). The summed E-state index contributed by atoms with van der Waals surface area (Å²) in [5, 5.41) is 5.83. The van der Waals surface area contributed by atoms with Crippen molar-refractivity contribution in [2.75, 3.05) is 25.0 Å². The van der Waals surface area contributed by atoms with Crippen molar-refractivity contribution in [2.24, 2.45) is 0 Å². The highest BCUT2D eigenvalue weighted by atomic mass is 35.5. The number of ether oxygens (including phenoxy) is 1. The van der Waals surface area contributed by atoms with Crippen molar-refractivity contribution in [3.05, 3.63) is 29.6 Å². The fraction of sp³-hybridized carbons (Fsp3) is 0.462. The molecule has 19 heavy (non-hydrogen) atoms. The summed E-state index contributed by atoms with van der Waals surface area (Å²) < 4.78 is 18.7. The third-order valence-corrected chi connectivity index (χ3v) is 2.87. The van der Waals surface area contributed by atoms with Gasteiger partial charge in [0, 0.05) is 18.8 Å². The summed E-state index contributed by atoms with van der Waals surface area (Å²) in [4.78, 5) is 11.7. The predicted octanol–water partition coefficient (Wildman–Crippen LogP) is 1.87. The van der Waals surface area contributed by atoms with Gasteiger partial charge >= 0.3 is 0 Å². The van der Waals surface area contributed by atoms with Gasteiger partial charge in [0.15, 0.2) is 0 Å². The van der Waals surface area contributed by atoms with Crippen LogP contribution in [0.3, 0.4) is 0 Å². The number of benzene rings is 1. The summed E-state index contributed by atoms with van der Waals surface area (Å²) in [5.74, 6) is -0.477. The molecule has 1 aromatic carbocycles. The average Bonchev–Trinajstić information content (AvgIpc) is 2.35. The van der Waals surface area contributed by atoms with Gasteiger partial charge in [0.25, 0.3) is 0 Å². The molecule has 0 aromatic heterocycles. The van der Waals surface area contributed by atoms with Gasteiger partial charge < -0.3 is 15.4 Å². The summed E-state index contributed by atoms with van der Waals surface area (Å²) in [7, 11) is 0. The van der Waals surface area contributed by atoms with Crippen molar-refractivity contribution in [3.63, 3.8) is 0 Å². The van der Waals surface area contributed by atoms with E-state index in [0.717, 1.165) is 6.54 Å². The molecule has 1 aliphatic rings. The van der Waals surface area contributed by atoms with Gasteiger partial charge in [-0.15, -0.1) is 12.4 Å². The summed E-state index contributed by atoms with van der Waals surface area (Å²) in [5.41, 5.74) is 1.04. The van der Waals surface area contributed by atoms with Crippen molar-refractivity contribution in [1.29, 1.82) is 0 Å². The van der Waals surface area contributed by atoms with Gasteiger partial charge in [-0.3, -0.25) is 4.79 Å². The number of nitrogens with one attached hydrogen (secondary N) is 2. The molecule has 6 heteroatoms. The van der Waals surface area contributed by atoms with E-state index in [1.54, 1.807) is 19.1 Å². The van der Waals surface area contributed by atoms with Crippen LogP contribution in [-0.4, -0.2) is 31.7 Å². The Morgan fingerprint density at radius 2 is 2.37 bits per heavy atom. The second-order valence-electron chi connectivity index (χ2n) is 4.41. The van der Waals surface area contributed by atoms with Crippen molar-refractivity contribution in [1.82, 2.24) is 5.32 Å². The number of carbonyl (C=O) groups excluding carboxylic acids is 1. The number of carbonyl (C=O) groups is 1. The molecule has 1 aromatic rings. The topological polar surface area (TPSA) is 50.4 Å². The van der Waals surface area contributed by atoms with Crippen LogP contribution in [0.4, 0.5) is 10.1 Å². The Hall–Kier alpha value is -1.17. The van der Waals surface area contributed by atoms with Gasteiger partial charge in [-0.25, -0.2) is 4.39 Å². The van der Waals surface area contributed by atoms with Crippen molar-refractivity contribution in [3.8, 4) is 0 Å². The molecule has 1 saturated heterocycles. The maximum atomic E-state index is 13.3. The zero-order chi connectivity index (χ0) is 13.0. The zero-order valence-electron chi connectivity index (χ0n) is 10.7. The Kier molecular flexibility index (Phi) is 6.21. The van der Waals surface area contributed by atoms with Crippen molar-refractivity contribution in [2.45, 2.75) is 19.4 Å². The van der Waals surface area contributed by atoms with Crippen LogP contribution in [0.15, 0.2) is 18.2 Å². The number of hydrogen-bond donors (Lipinski definition) is 2. The summed E-state index contributed by atoms with van der Waals surface area (Å²) in [6.07, 6.45) is 0.178. The van der Waals surface area contributed by atoms with Gasteiger partial charge in [0.1, 0.15) is 5.82 Å². The quantitative estimate of drug-likeness (QED) is 0.893. The Morgan fingerprint density at radius 1 is 1.58 bits per heavy atom. The lowest BCUT2D eigenvalue weighted by Gasteiger charge is -2.23. The third-order valence-electron chi connectivity index (χ3n) is 2.87. The van der Waals surface area contributed by atoms with E-state index in [2.05, 4.69) is 10.6 Å². The summed E-state index contributed by atoms with van der Waals surface area (Å²) in [6, 6.07) is 4.66. The molecule has 0 bridgehead atoms. The standard InChI is InChI=1S/C13H17FN2O2.ClH/c1-9-2-3-10(6-12(9)14)16-13(17)7-11-8-15-4-5-18-11;/h2-3,6,11,15H,4-5,7-8H2,1H3,(H,16,17);1H. The van der Waals surface area contributed by atoms with Gasteiger partial charge in [0.05, 0.1) is 19.1 Å². The van der Waals surface area contributed by atoms with Crippen molar-refractivity contribution < 1.29 is 13.9 Å². The number of amides is 1. The van der Waals surface area contributed by atoms with Crippen LogP contribution in [0.2, 0.25) is 0 Å². The number of morpholine rings is 1. The maximum absolute atomic E-state index is 13.3. The SMILES string of the molecule is Cc1ccc(NC(=O)CC2CNCCO2)cc1F.Cl. The van der Waals surface area contributed by atoms with E-state index in [1.165, 1.54) is 6.07 Å². The normalized spacial score (nSPS) is 18.5. The second kappa shape index (κ2) is 7.43. The number of anilines is 1. The minimum Gasteiger partial charge on any atom is -0.375 e. The van der Waals surface area contributed by atoms with Crippen LogP contribution < -0.4 is 10.6 Å². The van der Waals surface area contributed by atoms with Gasteiger partial charge in [-0.1, -0.05) is 6.07 Å². The molecule has 106 valence electrons. The monoisotopic (exact) mass is 288 g/mol. The molecule has 1 fully saturated rings. The molecule has 0 aliphatic carbocycles. The predicted molar refractivity (Wildman–Crippen MR) is 74.2 cm³/mol. The summed E-state index contributed by atoms with van der Waals surface area (Å²) >= 11 is 0. The van der Waals surface area contributed by atoms with E-state index in [9.17, 15) is 9.18 Å². The number of hydrogen-bond acceptors (Lipinski definition) is 3. The lowest BCUT2D eigenvalue weighted by atomic mass is 10.2. The first-order chi connectivity index (χ1) is 8.65. The van der Waals surface area contributed by atoms with Gasteiger partial charge in [0.2, 0.25) is 5.91 Å². The van der Waals surface area contributed by atoms with Crippen LogP contribution in [-0.2, 0) is 9.53 Å². The lowest BCUT2D eigenvalue weighted by molar-refractivity contribution is -0.119. The Balaban J connectivity index is 0.00000180. The molecule has 2 N–H and O–H groups in total. The highest BCUT2D eigenvalue weighted by Crippen LogP contribution is 2.14. The zero-order valence-corrected chi connectivity index (χ0v) is 11.6. The number of rotatable bonds is 3. The Labute approximate surface area is 118 Å². The maximum Gasteiger partial charge on any atom is 0.227 e. The molecule has 1 atom stereocenters. The van der Waals surface area contributed by atoms with Crippen LogP contribution >= 0.6 is 12.4 Å². The second-order valence-corrected chi connectivity index (χ2v) is 4.41.